The third-order valence-corrected chi connectivity index (χ3v) is 3.93. The molecular weight excluding hydrogens is 352 g/mol. The van der Waals surface area contributed by atoms with Gasteiger partial charge in [0.15, 0.2) is 11.6 Å². The predicted molar refractivity (Wildman–Crippen MR) is 97.0 cm³/mol. The Hall–Kier alpha value is -2.99. The van der Waals surface area contributed by atoms with E-state index in [0.29, 0.717) is 30.9 Å². The number of nitrogens with one attached hydrogen (secondary N) is 1. The smallest absolute Gasteiger partial charge is 0.224 e. The van der Waals surface area contributed by atoms with E-state index in [1.54, 1.807) is 18.4 Å². The van der Waals surface area contributed by atoms with Crippen molar-refractivity contribution in [2.45, 2.75) is 26.1 Å². The third kappa shape index (κ3) is 5.76. The van der Waals surface area contributed by atoms with E-state index in [4.69, 9.17) is 9.15 Å². The van der Waals surface area contributed by atoms with Crippen molar-refractivity contribution in [1.82, 2.24) is 0 Å². The second-order valence-corrected chi connectivity index (χ2v) is 6.07. The Bertz CT molecular complexity index is 894. The molecule has 27 heavy (non-hydrogen) atoms. The molecule has 0 radical (unpaired) electrons. The maximum absolute atomic E-state index is 13.2. The number of carbonyl (C=O) groups is 1. The first kappa shape index (κ1) is 18.8. The second-order valence-electron chi connectivity index (χ2n) is 6.07. The van der Waals surface area contributed by atoms with Crippen LogP contribution in [-0.4, -0.2) is 5.91 Å². The lowest BCUT2D eigenvalue weighted by atomic mass is 10.1. The van der Waals surface area contributed by atoms with Gasteiger partial charge in [0.25, 0.3) is 0 Å². The van der Waals surface area contributed by atoms with Crippen molar-refractivity contribution in [3.05, 3.63) is 89.4 Å². The van der Waals surface area contributed by atoms with Crippen molar-refractivity contribution in [2.75, 3.05) is 5.32 Å². The SMILES string of the molecule is O=C(CCc1ccc(F)c(F)c1)Nc1cccc(COCc2ccco2)c1. The molecule has 2 aromatic carbocycles. The van der Waals surface area contributed by atoms with Gasteiger partial charge in [0.1, 0.15) is 12.4 Å². The topological polar surface area (TPSA) is 51.5 Å². The van der Waals surface area contributed by atoms with Crippen LogP contribution >= 0.6 is 0 Å². The standard InChI is InChI=1S/C21H19F2NO3/c22-19-8-6-15(12-20(19)23)7-9-21(25)24-17-4-1-3-16(11-17)13-26-14-18-5-2-10-27-18/h1-6,8,10-12H,7,9,13-14H2,(H,24,25). The van der Waals surface area contributed by atoms with Gasteiger partial charge in [0.05, 0.1) is 12.9 Å². The molecule has 1 heterocycles. The highest BCUT2D eigenvalue weighted by Crippen LogP contribution is 2.14. The maximum atomic E-state index is 13.2. The molecule has 6 heteroatoms. The first-order valence-corrected chi connectivity index (χ1v) is 8.53. The summed E-state index contributed by atoms with van der Waals surface area (Å²) in [4.78, 5) is 12.1. The zero-order chi connectivity index (χ0) is 19.1. The fourth-order valence-electron chi connectivity index (χ4n) is 2.58. The van der Waals surface area contributed by atoms with Gasteiger partial charge >= 0.3 is 0 Å². The number of furan rings is 1. The summed E-state index contributed by atoms with van der Waals surface area (Å²) in [6.07, 6.45) is 2.09. The molecule has 0 unspecified atom stereocenters. The molecule has 1 N–H and O–H groups in total. The minimum absolute atomic E-state index is 0.171. The van der Waals surface area contributed by atoms with Gasteiger partial charge in [0, 0.05) is 12.1 Å². The number of rotatable bonds is 8. The van der Waals surface area contributed by atoms with Crippen LogP contribution in [0, 0.1) is 11.6 Å². The number of benzene rings is 2. The van der Waals surface area contributed by atoms with Crippen molar-refractivity contribution in [1.29, 1.82) is 0 Å². The highest BCUT2D eigenvalue weighted by Gasteiger charge is 2.07. The predicted octanol–water partition coefficient (Wildman–Crippen LogP) is 4.85. The Morgan fingerprint density at radius 1 is 0.963 bits per heavy atom. The van der Waals surface area contributed by atoms with Crippen LogP contribution in [0.3, 0.4) is 0 Å². The van der Waals surface area contributed by atoms with Crippen LogP contribution in [0.25, 0.3) is 0 Å². The van der Waals surface area contributed by atoms with E-state index in [0.717, 1.165) is 23.5 Å². The molecule has 0 aliphatic rings. The van der Waals surface area contributed by atoms with Crippen LogP contribution in [0.4, 0.5) is 14.5 Å². The third-order valence-electron chi connectivity index (χ3n) is 3.93. The molecule has 0 aliphatic carbocycles. The number of halogens is 2. The largest absolute Gasteiger partial charge is 0.467 e. The number of carbonyl (C=O) groups excluding carboxylic acids is 1. The molecule has 0 aliphatic heterocycles. The summed E-state index contributed by atoms with van der Waals surface area (Å²) >= 11 is 0. The van der Waals surface area contributed by atoms with Gasteiger partial charge in [-0.2, -0.15) is 0 Å². The Morgan fingerprint density at radius 3 is 2.63 bits per heavy atom. The lowest BCUT2D eigenvalue weighted by molar-refractivity contribution is -0.116. The van der Waals surface area contributed by atoms with Gasteiger partial charge in [-0.3, -0.25) is 4.79 Å². The number of amides is 1. The number of hydrogen-bond donors (Lipinski definition) is 1. The molecule has 0 atom stereocenters. The monoisotopic (exact) mass is 371 g/mol. The van der Waals surface area contributed by atoms with Gasteiger partial charge in [0.2, 0.25) is 5.91 Å². The fraction of sp³-hybridized carbons (Fsp3) is 0.190. The van der Waals surface area contributed by atoms with E-state index >= 15 is 0 Å². The van der Waals surface area contributed by atoms with Gasteiger partial charge in [-0.15, -0.1) is 0 Å². The van der Waals surface area contributed by atoms with Gasteiger partial charge in [-0.1, -0.05) is 18.2 Å². The normalized spacial score (nSPS) is 10.7. The molecular formula is C21H19F2NO3. The van der Waals surface area contributed by atoms with Crippen LogP contribution < -0.4 is 5.32 Å². The Morgan fingerprint density at radius 2 is 1.85 bits per heavy atom. The molecule has 0 saturated carbocycles. The summed E-state index contributed by atoms with van der Waals surface area (Å²) in [5, 5.41) is 2.80. The highest BCUT2D eigenvalue weighted by atomic mass is 19.2. The van der Waals surface area contributed by atoms with Crippen LogP contribution in [0.15, 0.2) is 65.3 Å². The number of ether oxygens (including phenoxy) is 1. The van der Waals surface area contributed by atoms with E-state index < -0.39 is 11.6 Å². The molecule has 3 rings (SSSR count). The van der Waals surface area contributed by atoms with Gasteiger partial charge < -0.3 is 14.5 Å². The number of anilines is 1. The van der Waals surface area contributed by atoms with Crippen molar-refractivity contribution >= 4 is 11.6 Å². The fourth-order valence-corrected chi connectivity index (χ4v) is 2.58. The van der Waals surface area contributed by atoms with Crippen molar-refractivity contribution in [3.8, 4) is 0 Å². The summed E-state index contributed by atoms with van der Waals surface area (Å²) in [6.45, 7) is 0.761. The average molecular weight is 371 g/mol. The lowest BCUT2D eigenvalue weighted by Crippen LogP contribution is -2.12. The lowest BCUT2D eigenvalue weighted by Gasteiger charge is -2.08. The van der Waals surface area contributed by atoms with E-state index in [1.807, 2.05) is 24.3 Å². The molecule has 4 nitrogen and oxygen atoms in total. The Balaban J connectivity index is 1.47. The molecule has 140 valence electrons. The minimum atomic E-state index is -0.907. The summed E-state index contributed by atoms with van der Waals surface area (Å²) in [5.41, 5.74) is 2.15. The Kier molecular flexibility index (Phi) is 6.33. The molecule has 0 spiro atoms. The summed E-state index contributed by atoms with van der Waals surface area (Å²) in [6, 6.07) is 14.6. The van der Waals surface area contributed by atoms with Crippen molar-refractivity contribution in [2.24, 2.45) is 0 Å². The quantitative estimate of drug-likeness (QED) is 0.616. The van der Waals surface area contributed by atoms with Gasteiger partial charge in [-0.25, -0.2) is 8.78 Å². The van der Waals surface area contributed by atoms with E-state index in [1.165, 1.54) is 6.07 Å². The summed E-state index contributed by atoms with van der Waals surface area (Å²) in [5.74, 6) is -1.26. The molecule has 1 amide bonds. The summed E-state index contributed by atoms with van der Waals surface area (Å²) < 4.78 is 36.9. The second kappa shape index (κ2) is 9.09. The average Bonchev–Trinajstić information content (AvgIpc) is 3.16. The first-order chi connectivity index (χ1) is 13.1. The van der Waals surface area contributed by atoms with E-state index in [2.05, 4.69) is 5.32 Å². The van der Waals surface area contributed by atoms with E-state index in [9.17, 15) is 13.6 Å². The van der Waals surface area contributed by atoms with E-state index in [-0.39, 0.29) is 12.3 Å². The number of aryl methyl sites for hydroxylation is 1. The molecule has 0 saturated heterocycles. The zero-order valence-electron chi connectivity index (χ0n) is 14.6. The molecule has 0 fully saturated rings. The first-order valence-electron chi connectivity index (χ1n) is 8.53. The van der Waals surface area contributed by atoms with Crippen LogP contribution in [0.5, 0.6) is 0 Å². The summed E-state index contributed by atoms with van der Waals surface area (Å²) in [7, 11) is 0. The Labute approximate surface area is 155 Å². The highest BCUT2D eigenvalue weighted by molar-refractivity contribution is 5.90. The van der Waals surface area contributed by atoms with Crippen LogP contribution in [0.2, 0.25) is 0 Å². The minimum Gasteiger partial charge on any atom is -0.467 e. The van der Waals surface area contributed by atoms with Crippen molar-refractivity contribution in [3.63, 3.8) is 0 Å². The maximum Gasteiger partial charge on any atom is 0.224 e. The molecule has 3 aromatic rings. The van der Waals surface area contributed by atoms with Gasteiger partial charge in [-0.05, 0) is 53.9 Å². The number of hydrogen-bond acceptors (Lipinski definition) is 3. The van der Waals surface area contributed by atoms with Crippen LogP contribution in [0.1, 0.15) is 23.3 Å². The molecule has 1 aromatic heterocycles. The van der Waals surface area contributed by atoms with Crippen molar-refractivity contribution < 1.29 is 22.7 Å². The van der Waals surface area contributed by atoms with Crippen LogP contribution in [-0.2, 0) is 29.2 Å². The molecule has 0 bridgehead atoms. The zero-order valence-corrected chi connectivity index (χ0v) is 14.6.